The molecule has 0 atom stereocenters. The van der Waals surface area contributed by atoms with Gasteiger partial charge in [-0.1, -0.05) is 42.0 Å². The third kappa shape index (κ3) is 1.84. The second-order valence-electron chi connectivity index (χ2n) is 2.48. The van der Waals surface area contributed by atoms with Crippen molar-refractivity contribution in [3.05, 3.63) is 40.4 Å². The van der Waals surface area contributed by atoms with E-state index >= 15 is 0 Å². The van der Waals surface area contributed by atoms with E-state index in [0.717, 1.165) is 16.1 Å². The lowest BCUT2D eigenvalue weighted by atomic mass is 10.1. The number of halogens is 1. The third-order valence-electron chi connectivity index (χ3n) is 1.57. The van der Waals surface area contributed by atoms with Gasteiger partial charge in [-0.15, -0.1) is 0 Å². The quantitative estimate of drug-likeness (QED) is 0.597. The van der Waals surface area contributed by atoms with E-state index in [2.05, 4.69) is 0 Å². The molecule has 0 aromatic heterocycles. The van der Waals surface area contributed by atoms with E-state index < -0.39 is 0 Å². The molecule has 0 unspecified atom stereocenters. The first kappa shape index (κ1) is 8.35. The van der Waals surface area contributed by atoms with Gasteiger partial charge in [0.25, 0.3) is 0 Å². The highest BCUT2D eigenvalue weighted by Gasteiger charge is 1.97. The van der Waals surface area contributed by atoms with Gasteiger partial charge in [0.1, 0.15) is 0 Å². The molecule has 1 heteroatoms. The Balaban J connectivity index is 3.16. The molecule has 1 aromatic rings. The topological polar surface area (TPSA) is 0 Å². The molecule has 0 fully saturated rings. The number of benzene rings is 1. The molecule has 11 heavy (non-hydrogen) atoms. The minimum absolute atomic E-state index is 0.852. The Hall–Kier alpha value is -0.750. The molecule has 0 heterocycles. The molecule has 0 spiro atoms. The Morgan fingerprint density at radius 3 is 2.73 bits per heavy atom. The maximum Gasteiger partial charge on any atom is 0.0507 e. The van der Waals surface area contributed by atoms with Crippen LogP contribution in [0.4, 0.5) is 0 Å². The average molecular weight is 167 g/mol. The summed E-state index contributed by atoms with van der Waals surface area (Å²) in [6.07, 6.45) is 4.00. The summed E-state index contributed by atoms with van der Waals surface area (Å²) in [7, 11) is 0. The zero-order valence-corrected chi connectivity index (χ0v) is 7.52. The molecule has 0 bridgehead atoms. The molecule has 58 valence electrons. The second kappa shape index (κ2) is 3.59. The van der Waals surface area contributed by atoms with Crippen LogP contribution < -0.4 is 0 Å². The van der Waals surface area contributed by atoms with Crippen molar-refractivity contribution in [3.63, 3.8) is 0 Å². The monoisotopic (exact) mass is 166 g/mol. The Morgan fingerprint density at radius 2 is 2.09 bits per heavy atom. The first-order chi connectivity index (χ1) is 5.25. The van der Waals surface area contributed by atoms with E-state index in [4.69, 9.17) is 11.6 Å². The minimum Gasteiger partial charge on any atom is -0.0870 e. The maximum atomic E-state index is 6.02. The molecule has 0 aliphatic heterocycles. The lowest BCUT2D eigenvalue weighted by Gasteiger charge is -2.00. The lowest BCUT2D eigenvalue weighted by Crippen LogP contribution is -1.78. The van der Waals surface area contributed by atoms with Crippen LogP contribution >= 0.6 is 11.6 Å². The highest BCUT2D eigenvalue weighted by Crippen LogP contribution is 2.20. The van der Waals surface area contributed by atoms with Gasteiger partial charge < -0.3 is 0 Å². The Morgan fingerprint density at radius 1 is 1.36 bits per heavy atom. The van der Waals surface area contributed by atoms with E-state index in [9.17, 15) is 0 Å². The number of hydrogen-bond acceptors (Lipinski definition) is 0. The number of hydrogen-bond donors (Lipinski definition) is 0. The van der Waals surface area contributed by atoms with Crippen molar-refractivity contribution in [1.29, 1.82) is 0 Å². The summed E-state index contributed by atoms with van der Waals surface area (Å²) in [5.41, 5.74) is 2.22. The summed E-state index contributed by atoms with van der Waals surface area (Å²) >= 11 is 6.02. The maximum absolute atomic E-state index is 6.02. The minimum atomic E-state index is 0.852. The Labute approximate surface area is 72.5 Å². The van der Waals surface area contributed by atoms with Crippen LogP contribution in [0.1, 0.15) is 18.1 Å². The van der Waals surface area contributed by atoms with E-state index in [1.807, 2.05) is 44.2 Å². The molecule has 0 saturated carbocycles. The molecule has 1 aromatic carbocycles. The number of allylic oxidation sites excluding steroid dienone is 1. The van der Waals surface area contributed by atoms with E-state index in [0.29, 0.717) is 0 Å². The lowest BCUT2D eigenvalue weighted by molar-refractivity contribution is 1.46. The van der Waals surface area contributed by atoms with Gasteiger partial charge in [0.05, 0.1) is 5.02 Å². The van der Waals surface area contributed by atoms with Crippen LogP contribution in [-0.2, 0) is 0 Å². The van der Waals surface area contributed by atoms with Gasteiger partial charge in [0, 0.05) is 0 Å². The summed E-state index contributed by atoms with van der Waals surface area (Å²) < 4.78 is 0. The van der Waals surface area contributed by atoms with Crippen LogP contribution in [0.5, 0.6) is 0 Å². The average Bonchev–Trinajstić information content (AvgIpc) is 1.99. The Bertz CT molecular complexity index is 274. The largest absolute Gasteiger partial charge is 0.0870 e. The van der Waals surface area contributed by atoms with E-state index in [-0.39, 0.29) is 0 Å². The third-order valence-corrected chi connectivity index (χ3v) is 2.08. The fraction of sp³-hybridized carbons (Fsp3) is 0.200. The second-order valence-corrected chi connectivity index (χ2v) is 2.86. The van der Waals surface area contributed by atoms with Crippen LogP contribution in [0.15, 0.2) is 24.3 Å². The number of aryl methyl sites for hydroxylation is 1. The highest BCUT2D eigenvalue weighted by molar-refractivity contribution is 6.32. The van der Waals surface area contributed by atoms with Gasteiger partial charge in [-0.05, 0) is 25.0 Å². The number of rotatable bonds is 1. The molecule has 1 rings (SSSR count). The summed E-state index contributed by atoms with van der Waals surface area (Å²) in [6.45, 7) is 3.99. The first-order valence-corrected chi connectivity index (χ1v) is 4.01. The van der Waals surface area contributed by atoms with Gasteiger partial charge >= 0.3 is 0 Å². The standard InChI is InChI=1S/C10H11Cl/c1-3-5-9-7-4-6-8(2)10(9)11/h3-7H,1-2H3/b5-3+. The fourth-order valence-electron chi connectivity index (χ4n) is 0.978. The van der Waals surface area contributed by atoms with Gasteiger partial charge in [0.2, 0.25) is 0 Å². The molecular formula is C10H11Cl. The predicted octanol–water partition coefficient (Wildman–Crippen LogP) is 3.68. The van der Waals surface area contributed by atoms with Gasteiger partial charge in [-0.3, -0.25) is 0 Å². The summed E-state index contributed by atoms with van der Waals surface area (Å²) in [4.78, 5) is 0. The molecule has 0 aliphatic rings. The molecule has 0 radical (unpaired) electrons. The van der Waals surface area contributed by atoms with Crippen LogP contribution in [0.25, 0.3) is 6.08 Å². The smallest absolute Gasteiger partial charge is 0.0507 e. The van der Waals surface area contributed by atoms with Crippen LogP contribution in [0.3, 0.4) is 0 Å². The van der Waals surface area contributed by atoms with Crippen LogP contribution in [-0.4, -0.2) is 0 Å². The SMILES string of the molecule is C/C=C/c1cccc(C)c1Cl. The zero-order valence-electron chi connectivity index (χ0n) is 6.76. The first-order valence-electron chi connectivity index (χ1n) is 3.63. The van der Waals surface area contributed by atoms with Crippen LogP contribution in [0, 0.1) is 6.92 Å². The van der Waals surface area contributed by atoms with E-state index in [1.54, 1.807) is 0 Å². The highest BCUT2D eigenvalue weighted by atomic mass is 35.5. The van der Waals surface area contributed by atoms with Gasteiger partial charge in [0.15, 0.2) is 0 Å². The van der Waals surface area contributed by atoms with Crippen molar-refractivity contribution < 1.29 is 0 Å². The van der Waals surface area contributed by atoms with E-state index in [1.165, 1.54) is 0 Å². The van der Waals surface area contributed by atoms with Crippen molar-refractivity contribution >= 4 is 17.7 Å². The zero-order chi connectivity index (χ0) is 8.27. The summed E-state index contributed by atoms with van der Waals surface area (Å²) in [5.74, 6) is 0. The molecule has 0 nitrogen and oxygen atoms in total. The van der Waals surface area contributed by atoms with Gasteiger partial charge in [-0.25, -0.2) is 0 Å². The molecule has 0 saturated heterocycles. The molecule has 0 aliphatic carbocycles. The summed E-state index contributed by atoms with van der Waals surface area (Å²) in [6, 6.07) is 6.03. The van der Waals surface area contributed by atoms with Crippen LogP contribution in [0.2, 0.25) is 5.02 Å². The van der Waals surface area contributed by atoms with Crippen molar-refractivity contribution in [3.8, 4) is 0 Å². The van der Waals surface area contributed by atoms with Crippen molar-refractivity contribution in [1.82, 2.24) is 0 Å². The van der Waals surface area contributed by atoms with Gasteiger partial charge in [-0.2, -0.15) is 0 Å². The molecular weight excluding hydrogens is 156 g/mol. The fourth-order valence-corrected chi connectivity index (χ4v) is 1.17. The van der Waals surface area contributed by atoms with Crippen molar-refractivity contribution in [2.24, 2.45) is 0 Å². The van der Waals surface area contributed by atoms with Crippen molar-refractivity contribution in [2.75, 3.05) is 0 Å². The predicted molar refractivity (Wildman–Crippen MR) is 50.9 cm³/mol. The Kier molecular flexibility index (Phi) is 2.72. The molecule has 0 amide bonds. The van der Waals surface area contributed by atoms with Crippen molar-refractivity contribution in [2.45, 2.75) is 13.8 Å². The summed E-state index contributed by atoms with van der Waals surface area (Å²) in [5, 5.41) is 0.852. The normalized spacial score (nSPS) is 10.8. The molecule has 0 N–H and O–H groups in total.